The maximum Gasteiger partial charge on any atom is 0.336 e. The van der Waals surface area contributed by atoms with E-state index in [1.165, 1.54) is 0 Å². The van der Waals surface area contributed by atoms with Crippen LogP contribution in [-0.2, 0) is 0 Å². The Kier molecular flexibility index (Phi) is 3.98. The second-order valence-corrected chi connectivity index (χ2v) is 5.24. The van der Waals surface area contributed by atoms with Crippen molar-refractivity contribution in [3.8, 4) is 17.0 Å². The predicted octanol–water partition coefficient (Wildman–Crippen LogP) is 4.31. The minimum Gasteiger partial charge on any atom is -0.494 e. The summed E-state index contributed by atoms with van der Waals surface area (Å²) in [4.78, 5) is 16.4. The number of carbonyl (C=O) groups is 1. The van der Waals surface area contributed by atoms with Gasteiger partial charge in [0.15, 0.2) is 0 Å². The molecule has 1 N–H and O–H groups in total. The average molecular weight is 307 g/mol. The molecular weight excluding hydrogens is 290 g/mol. The fraction of sp³-hybridized carbons (Fsp3) is 0.158. The lowest BCUT2D eigenvalue weighted by atomic mass is 9.98. The van der Waals surface area contributed by atoms with Gasteiger partial charge >= 0.3 is 5.97 Å². The molecule has 0 aliphatic carbocycles. The first kappa shape index (κ1) is 15.0. The summed E-state index contributed by atoms with van der Waals surface area (Å²) in [7, 11) is 0. The van der Waals surface area contributed by atoms with E-state index < -0.39 is 5.97 Å². The van der Waals surface area contributed by atoms with Crippen LogP contribution < -0.4 is 4.74 Å². The highest BCUT2D eigenvalue weighted by Crippen LogP contribution is 2.30. The fourth-order valence-corrected chi connectivity index (χ4v) is 2.74. The Labute approximate surface area is 134 Å². The first-order valence-corrected chi connectivity index (χ1v) is 7.47. The Hall–Kier alpha value is -2.88. The van der Waals surface area contributed by atoms with Gasteiger partial charge in [-0.1, -0.05) is 18.2 Å². The van der Waals surface area contributed by atoms with Crippen LogP contribution >= 0.6 is 0 Å². The van der Waals surface area contributed by atoms with E-state index in [1.54, 1.807) is 13.0 Å². The third-order valence-electron chi connectivity index (χ3n) is 3.79. The van der Waals surface area contributed by atoms with E-state index >= 15 is 0 Å². The van der Waals surface area contributed by atoms with Crippen LogP contribution in [0, 0.1) is 6.92 Å². The molecule has 0 unspecified atom stereocenters. The first-order chi connectivity index (χ1) is 11.1. The topological polar surface area (TPSA) is 59.4 Å². The molecule has 0 aliphatic heterocycles. The number of aromatic carboxylic acids is 1. The highest BCUT2D eigenvalue weighted by molar-refractivity contribution is 6.05. The number of carboxylic acid groups (broad SMARTS) is 1. The highest BCUT2D eigenvalue weighted by Gasteiger charge is 2.17. The largest absolute Gasteiger partial charge is 0.494 e. The zero-order valence-electron chi connectivity index (χ0n) is 13.0. The Morgan fingerprint density at radius 3 is 2.48 bits per heavy atom. The Bertz CT molecular complexity index is 870. The highest BCUT2D eigenvalue weighted by atomic mass is 16.5. The second kappa shape index (κ2) is 6.08. The van der Waals surface area contributed by atoms with Gasteiger partial charge in [-0.2, -0.15) is 0 Å². The van der Waals surface area contributed by atoms with Crippen molar-refractivity contribution in [2.75, 3.05) is 6.61 Å². The minimum absolute atomic E-state index is 0.305. The molecule has 0 atom stereocenters. The molecule has 116 valence electrons. The lowest BCUT2D eigenvalue weighted by Gasteiger charge is -2.12. The monoisotopic (exact) mass is 307 g/mol. The van der Waals surface area contributed by atoms with Crippen molar-refractivity contribution in [2.24, 2.45) is 0 Å². The van der Waals surface area contributed by atoms with Gasteiger partial charge in [0.05, 0.1) is 23.4 Å². The number of hydrogen-bond acceptors (Lipinski definition) is 3. The average Bonchev–Trinajstić information content (AvgIpc) is 2.55. The second-order valence-electron chi connectivity index (χ2n) is 5.24. The molecule has 3 aromatic rings. The molecule has 2 aromatic carbocycles. The molecular formula is C19H17NO3. The molecule has 3 rings (SSSR count). The van der Waals surface area contributed by atoms with Crippen molar-refractivity contribution in [1.82, 2.24) is 4.98 Å². The molecule has 1 aromatic heterocycles. The number of para-hydroxylation sites is 1. The van der Waals surface area contributed by atoms with Crippen molar-refractivity contribution in [3.63, 3.8) is 0 Å². The molecule has 0 aliphatic rings. The van der Waals surface area contributed by atoms with Crippen LogP contribution in [0.15, 0.2) is 48.5 Å². The molecule has 4 nitrogen and oxygen atoms in total. The molecule has 0 amide bonds. The number of hydrogen-bond donors (Lipinski definition) is 1. The number of aromatic nitrogens is 1. The maximum absolute atomic E-state index is 11.7. The summed E-state index contributed by atoms with van der Waals surface area (Å²) in [5, 5.41) is 10.3. The molecule has 0 spiro atoms. The number of ether oxygens (including phenoxy) is 1. The molecule has 0 saturated carbocycles. The van der Waals surface area contributed by atoms with E-state index in [1.807, 2.05) is 49.4 Å². The summed E-state index contributed by atoms with van der Waals surface area (Å²) in [6.07, 6.45) is 0. The van der Waals surface area contributed by atoms with Gasteiger partial charge in [-0.25, -0.2) is 9.78 Å². The Morgan fingerprint density at radius 1 is 1.13 bits per heavy atom. The summed E-state index contributed by atoms with van der Waals surface area (Å²) >= 11 is 0. The number of nitrogens with zero attached hydrogens (tertiary/aromatic N) is 1. The summed E-state index contributed by atoms with van der Waals surface area (Å²) in [6, 6.07) is 14.9. The molecule has 1 heterocycles. The number of benzene rings is 2. The van der Waals surface area contributed by atoms with Crippen molar-refractivity contribution in [1.29, 1.82) is 0 Å². The van der Waals surface area contributed by atoms with E-state index in [9.17, 15) is 9.90 Å². The van der Waals surface area contributed by atoms with E-state index in [2.05, 4.69) is 4.98 Å². The number of pyridine rings is 1. The number of carboxylic acids is 1. The van der Waals surface area contributed by atoms with Gasteiger partial charge in [-0.15, -0.1) is 0 Å². The molecule has 23 heavy (non-hydrogen) atoms. The van der Waals surface area contributed by atoms with Crippen LogP contribution in [0.2, 0.25) is 0 Å². The maximum atomic E-state index is 11.7. The van der Waals surface area contributed by atoms with E-state index in [0.717, 1.165) is 11.3 Å². The summed E-state index contributed by atoms with van der Waals surface area (Å²) in [5.41, 5.74) is 3.21. The van der Waals surface area contributed by atoms with Gasteiger partial charge in [0, 0.05) is 10.9 Å². The lowest BCUT2D eigenvalue weighted by molar-refractivity contribution is 0.0698. The summed E-state index contributed by atoms with van der Waals surface area (Å²) in [6.45, 7) is 4.34. The predicted molar refractivity (Wildman–Crippen MR) is 90.0 cm³/mol. The van der Waals surface area contributed by atoms with Crippen LogP contribution in [0.3, 0.4) is 0 Å². The summed E-state index contributed by atoms with van der Waals surface area (Å²) < 4.78 is 5.44. The van der Waals surface area contributed by atoms with Crippen LogP contribution in [-0.4, -0.2) is 22.7 Å². The number of fused-ring (bicyclic) bond motifs is 1. The SMILES string of the molecule is CCOc1ccc(-c2nc3ccccc3c(C(=O)O)c2C)cc1. The third-order valence-corrected chi connectivity index (χ3v) is 3.79. The van der Waals surface area contributed by atoms with Crippen LogP contribution in [0.5, 0.6) is 5.75 Å². The molecule has 4 heteroatoms. The van der Waals surface area contributed by atoms with Gasteiger partial charge in [-0.3, -0.25) is 0 Å². The fourth-order valence-electron chi connectivity index (χ4n) is 2.74. The zero-order valence-corrected chi connectivity index (χ0v) is 13.0. The van der Waals surface area contributed by atoms with Gasteiger partial charge in [-0.05, 0) is 49.7 Å². The molecule has 0 bridgehead atoms. The van der Waals surface area contributed by atoms with Crippen molar-refractivity contribution >= 4 is 16.9 Å². The zero-order chi connectivity index (χ0) is 16.4. The van der Waals surface area contributed by atoms with Crippen LogP contribution in [0.1, 0.15) is 22.8 Å². The molecule has 0 saturated heterocycles. The van der Waals surface area contributed by atoms with Crippen molar-refractivity contribution in [3.05, 3.63) is 59.7 Å². The van der Waals surface area contributed by atoms with Gasteiger partial charge in [0.25, 0.3) is 0 Å². The van der Waals surface area contributed by atoms with E-state index in [4.69, 9.17) is 4.74 Å². The van der Waals surface area contributed by atoms with E-state index in [-0.39, 0.29) is 0 Å². The molecule has 0 radical (unpaired) electrons. The van der Waals surface area contributed by atoms with Crippen LogP contribution in [0.25, 0.3) is 22.2 Å². The quantitative estimate of drug-likeness (QED) is 0.780. The van der Waals surface area contributed by atoms with E-state index in [0.29, 0.717) is 34.3 Å². The smallest absolute Gasteiger partial charge is 0.336 e. The Balaban J connectivity index is 2.21. The molecule has 0 fully saturated rings. The lowest BCUT2D eigenvalue weighted by Crippen LogP contribution is -2.04. The van der Waals surface area contributed by atoms with Gasteiger partial charge in [0.2, 0.25) is 0 Å². The Morgan fingerprint density at radius 2 is 1.83 bits per heavy atom. The number of rotatable bonds is 4. The van der Waals surface area contributed by atoms with Gasteiger partial charge < -0.3 is 9.84 Å². The van der Waals surface area contributed by atoms with Crippen molar-refractivity contribution in [2.45, 2.75) is 13.8 Å². The van der Waals surface area contributed by atoms with Gasteiger partial charge in [0.1, 0.15) is 5.75 Å². The summed E-state index contributed by atoms with van der Waals surface area (Å²) in [5.74, 6) is -0.151. The minimum atomic E-state index is -0.937. The van der Waals surface area contributed by atoms with Crippen molar-refractivity contribution < 1.29 is 14.6 Å². The normalized spacial score (nSPS) is 10.7. The standard InChI is InChI=1S/C19H17NO3/c1-3-23-14-10-8-13(9-11-14)18-12(2)17(19(21)22)15-6-4-5-7-16(15)20-18/h4-11H,3H2,1-2H3,(H,21,22). The third kappa shape index (κ3) is 2.75. The first-order valence-electron chi connectivity index (χ1n) is 7.47. The van der Waals surface area contributed by atoms with Crippen LogP contribution in [0.4, 0.5) is 0 Å².